The number of nitrogens with one attached hydrogen (secondary N) is 1. The molecule has 0 aliphatic carbocycles. The molecular formula is C14H7F4N3O3S. The van der Waals surface area contributed by atoms with Crippen molar-refractivity contribution in [2.24, 2.45) is 0 Å². The van der Waals surface area contributed by atoms with Gasteiger partial charge < -0.3 is 14.5 Å². The summed E-state index contributed by atoms with van der Waals surface area (Å²) in [6.45, 7) is 0. The molecule has 0 radical (unpaired) electrons. The summed E-state index contributed by atoms with van der Waals surface area (Å²) in [5, 5.41) is 9.31. The third-order valence-corrected chi connectivity index (χ3v) is 3.82. The van der Waals surface area contributed by atoms with Crippen molar-refractivity contribution in [3.8, 4) is 28.8 Å². The Bertz CT molecular complexity index is 955. The number of fused-ring (bicyclic) bond motifs is 1. The molecule has 0 amide bonds. The first kappa shape index (κ1) is 17.1. The molecule has 1 aromatic heterocycles. The van der Waals surface area contributed by atoms with E-state index in [9.17, 15) is 22.4 Å². The number of alkyl halides is 4. The lowest BCUT2D eigenvalue weighted by Crippen LogP contribution is -2.52. The lowest BCUT2D eigenvalue weighted by molar-refractivity contribution is -0.391. The van der Waals surface area contributed by atoms with Crippen molar-refractivity contribution in [2.75, 3.05) is 6.26 Å². The fourth-order valence-corrected chi connectivity index (χ4v) is 2.45. The predicted octanol–water partition coefficient (Wildman–Crippen LogP) is 2.99. The van der Waals surface area contributed by atoms with Crippen LogP contribution in [-0.2, 0) is 0 Å². The first-order valence-electron chi connectivity index (χ1n) is 6.55. The molecule has 1 aliphatic heterocycles. The minimum absolute atomic E-state index is 0.0568. The minimum Gasteiger partial charge on any atom is -0.421 e. The van der Waals surface area contributed by atoms with Crippen molar-refractivity contribution in [1.29, 1.82) is 5.26 Å². The largest absolute Gasteiger partial charge is 0.507 e. The minimum atomic E-state index is -4.87. The van der Waals surface area contributed by atoms with E-state index >= 15 is 0 Å². The van der Waals surface area contributed by atoms with Crippen molar-refractivity contribution in [1.82, 2.24) is 9.97 Å². The third kappa shape index (κ3) is 2.78. The van der Waals surface area contributed by atoms with E-state index in [0.29, 0.717) is 0 Å². The Balaban J connectivity index is 2.16. The molecule has 6 nitrogen and oxygen atoms in total. The molecule has 1 N–H and O–H groups in total. The van der Waals surface area contributed by atoms with Gasteiger partial charge in [-0.25, -0.2) is 4.98 Å². The molecule has 2 aromatic rings. The number of hydrogen-bond donors (Lipinski definition) is 1. The highest BCUT2D eigenvalue weighted by Gasteiger charge is 2.65. The summed E-state index contributed by atoms with van der Waals surface area (Å²) in [5.74, 6) is -1.27. The third-order valence-electron chi connectivity index (χ3n) is 3.24. The predicted molar refractivity (Wildman–Crippen MR) is 77.9 cm³/mol. The average Bonchev–Trinajstić information content (AvgIpc) is 2.54. The first-order chi connectivity index (χ1) is 11.7. The van der Waals surface area contributed by atoms with Gasteiger partial charge in [0.1, 0.15) is 11.6 Å². The summed E-state index contributed by atoms with van der Waals surface area (Å²) in [6, 6.07) is 4.79. The van der Waals surface area contributed by atoms with Crippen molar-refractivity contribution in [3.63, 3.8) is 0 Å². The number of benzene rings is 1. The molecular weight excluding hydrogens is 366 g/mol. The maximum Gasteiger partial charge on any atom is 0.507 e. The summed E-state index contributed by atoms with van der Waals surface area (Å²) in [5.41, 5.74) is -1.11. The van der Waals surface area contributed by atoms with Crippen LogP contribution >= 0.6 is 11.8 Å². The molecule has 0 bridgehead atoms. The van der Waals surface area contributed by atoms with Gasteiger partial charge in [0.05, 0.1) is 5.69 Å². The SMILES string of the molecule is CSc1nc(-c2ccc3c(c2)OC(F)(F)C(F)(F)O3)c(C#N)c(=O)[nH]1. The van der Waals surface area contributed by atoms with Crippen LogP contribution < -0.4 is 15.0 Å². The highest BCUT2D eigenvalue weighted by molar-refractivity contribution is 7.98. The lowest BCUT2D eigenvalue weighted by Gasteiger charge is -2.31. The monoisotopic (exact) mass is 373 g/mol. The van der Waals surface area contributed by atoms with E-state index in [1.54, 1.807) is 12.3 Å². The number of nitriles is 1. The zero-order valence-corrected chi connectivity index (χ0v) is 13.1. The molecule has 3 rings (SSSR count). The molecule has 130 valence electrons. The van der Waals surface area contributed by atoms with Crippen LogP contribution in [0.25, 0.3) is 11.3 Å². The van der Waals surface area contributed by atoms with Gasteiger partial charge in [0.15, 0.2) is 16.7 Å². The van der Waals surface area contributed by atoms with Gasteiger partial charge in [0, 0.05) is 5.56 Å². The fourth-order valence-electron chi connectivity index (χ4n) is 2.08. The van der Waals surface area contributed by atoms with Crippen molar-refractivity contribution < 1.29 is 27.0 Å². The highest BCUT2D eigenvalue weighted by atomic mass is 32.2. The van der Waals surface area contributed by atoms with Gasteiger partial charge >= 0.3 is 12.2 Å². The molecule has 0 atom stereocenters. The van der Waals surface area contributed by atoms with Gasteiger partial charge in [-0.2, -0.15) is 22.8 Å². The number of nitrogens with zero attached hydrogens (tertiary/aromatic N) is 2. The van der Waals surface area contributed by atoms with Crippen molar-refractivity contribution >= 4 is 11.8 Å². The second-order valence-electron chi connectivity index (χ2n) is 4.81. The van der Waals surface area contributed by atoms with Crippen LogP contribution in [0.15, 0.2) is 28.2 Å². The van der Waals surface area contributed by atoms with Crippen molar-refractivity contribution in [2.45, 2.75) is 17.4 Å². The lowest BCUT2D eigenvalue weighted by atomic mass is 10.1. The number of halogens is 4. The van der Waals surface area contributed by atoms with Crippen LogP contribution in [0, 0.1) is 11.3 Å². The Hall–Kier alpha value is -2.74. The van der Waals surface area contributed by atoms with Crippen LogP contribution in [0.3, 0.4) is 0 Å². The second-order valence-corrected chi connectivity index (χ2v) is 5.60. The van der Waals surface area contributed by atoms with Gasteiger partial charge in [-0.1, -0.05) is 11.8 Å². The van der Waals surface area contributed by atoms with Gasteiger partial charge in [0.25, 0.3) is 5.56 Å². The zero-order chi connectivity index (χ0) is 18.4. The Labute approximate surface area is 141 Å². The van der Waals surface area contributed by atoms with Crippen LogP contribution in [-0.4, -0.2) is 28.4 Å². The summed E-state index contributed by atoms with van der Waals surface area (Å²) >= 11 is 1.09. The van der Waals surface area contributed by atoms with E-state index in [1.807, 2.05) is 0 Å². The maximum atomic E-state index is 13.3. The van der Waals surface area contributed by atoms with E-state index < -0.39 is 29.3 Å². The quantitative estimate of drug-likeness (QED) is 0.495. The van der Waals surface area contributed by atoms with E-state index in [4.69, 9.17) is 5.26 Å². The van der Waals surface area contributed by atoms with Crippen LogP contribution in [0.1, 0.15) is 5.56 Å². The molecule has 0 saturated carbocycles. The van der Waals surface area contributed by atoms with Gasteiger partial charge in [-0.05, 0) is 24.5 Å². The summed E-state index contributed by atoms with van der Waals surface area (Å²) in [6.07, 6.45) is -8.07. The van der Waals surface area contributed by atoms with E-state index in [-0.39, 0.29) is 22.0 Å². The van der Waals surface area contributed by atoms with Crippen LogP contribution in [0.4, 0.5) is 17.6 Å². The normalized spacial score (nSPS) is 17.0. The Morgan fingerprint density at radius 1 is 1.20 bits per heavy atom. The number of aromatic nitrogens is 2. The topological polar surface area (TPSA) is 88.0 Å². The molecule has 25 heavy (non-hydrogen) atoms. The maximum absolute atomic E-state index is 13.3. The molecule has 0 saturated heterocycles. The molecule has 0 fully saturated rings. The molecule has 0 unspecified atom stereocenters. The highest BCUT2D eigenvalue weighted by Crippen LogP contribution is 2.47. The van der Waals surface area contributed by atoms with E-state index in [1.165, 1.54) is 6.07 Å². The van der Waals surface area contributed by atoms with E-state index in [0.717, 1.165) is 23.9 Å². The van der Waals surface area contributed by atoms with Gasteiger partial charge in [0.2, 0.25) is 0 Å². The number of ether oxygens (including phenoxy) is 2. The first-order valence-corrected chi connectivity index (χ1v) is 7.77. The fraction of sp³-hybridized carbons (Fsp3) is 0.214. The number of hydrogen-bond acceptors (Lipinski definition) is 6. The standard InChI is InChI=1S/C14H7F4N3O3S/c1-25-12-20-10(7(5-19)11(22)21-12)6-2-3-8-9(4-6)24-14(17,18)13(15,16)23-8/h2-4H,1H3,(H,20,21,22). The molecule has 1 aromatic carbocycles. The summed E-state index contributed by atoms with van der Waals surface area (Å²) < 4.78 is 60.9. The molecule has 0 spiro atoms. The molecule has 1 aliphatic rings. The number of H-pyrrole nitrogens is 1. The smallest absolute Gasteiger partial charge is 0.421 e. The Morgan fingerprint density at radius 3 is 2.44 bits per heavy atom. The van der Waals surface area contributed by atoms with Gasteiger partial charge in [-0.15, -0.1) is 0 Å². The summed E-state index contributed by atoms with van der Waals surface area (Å²) in [7, 11) is 0. The molecule has 11 heteroatoms. The number of rotatable bonds is 2. The average molecular weight is 373 g/mol. The summed E-state index contributed by atoms with van der Waals surface area (Å²) in [4.78, 5) is 18.3. The van der Waals surface area contributed by atoms with E-state index in [2.05, 4.69) is 19.4 Å². The number of thioether (sulfide) groups is 1. The second kappa shape index (κ2) is 5.66. The zero-order valence-electron chi connectivity index (χ0n) is 12.3. The van der Waals surface area contributed by atoms with Crippen molar-refractivity contribution in [3.05, 3.63) is 34.1 Å². The Morgan fingerprint density at radius 2 is 1.84 bits per heavy atom. The van der Waals surface area contributed by atoms with Crippen LogP contribution in [0.2, 0.25) is 0 Å². The Kier molecular flexibility index (Phi) is 3.87. The molecule has 2 heterocycles. The van der Waals surface area contributed by atoms with Gasteiger partial charge in [-0.3, -0.25) is 4.79 Å². The van der Waals surface area contributed by atoms with Crippen LogP contribution in [0.5, 0.6) is 11.5 Å². The number of aromatic amines is 1.